The zero-order valence-corrected chi connectivity index (χ0v) is 20.7. The Hall–Kier alpha value is -3.30. The number of para-hydroxylation sites is 1. The molecule has 2 amide bonds. The van der Waals surface area contributed by atoms with E-state index < -0.39 is 0 Å². The average Bonchev–Trinajstić information content (AvgIpc) is 3.35. The van der Waals surface area contributed by atoms with Crippen LogP contribution in [0.3, 0.4) is 0 Å². The van der Waals surface area contributed by atoms with Crippen LogP contribution in [0.4, 0.5) is 5.69 Å². The summed E-state index contributed by atoms with van der Waals surface area (Å²) in [6.45, 7) is 6.45. The number of piperidine rings is 1. The molecule has 2 aromatic carbocycles. The maximum atomic E-state index is 12.6. The molecule has 0 unspecified atom stereocenters. The molecule has 1 saturated heterocycles. The summed E-state index contributed by atoms with van der Waals surface area (Å²) < 4.78 is 5.65. The summed E-state index contributed by atoms with van der Waals surface area (Å²) in [6.07, 6.45) is 3.48. The van der Waals surface area contributed by atoms with Gasteiger partial charge < -0.3 is 20.3 Å². The fourth-order valence-electron chi connectivity index (χ4n) is 4.08. The molecule has 9 heteroatoms. The summed E-state index contributed by atoms with van der Waals surface area (Å²) in [5.74, 6) is 0.960. The van der Waals surface area contributed by atoms with Gasteiger partial charge in [0.25, 0.3) is 11.8 Å². The van der Waals surface area contributed by atoms with Crippen LogP contribution in [-0.2, 0) is 6.61 Å². The smallest absolute Gasteiger partial charge is 0.286 e. The lowest BCUT2D eigenvalue weighted by molar-refractivity contribution is 0.0948. The Morgan fingerprint density at radius 2 is 1.97 bits per heavy atom. The van der Waals surface area contributed by atoms with Crippen LogP contribution in [0.2, 0.25) is 0 Å². The third-order valence-electron chi connectivity index (χ3n) is 5.83. The van der Waals surface area contributed by atoms with Crippen molar-refractivity contribution in [3.63, 3.8) is 0 Å². The fourth-order valence-corrected chi connectivity index (χ4v) is 4.73. The van der Waals surface area contributed by atoms with E-state index >= 15 is 0 Å². The maximum absolute atomic E-state index is 12.6. The van der Waals surface area contributed by atoms with Crippen LogP contribution in [0.5, 0.6) is 5.75 Å². The van der Waals surface area contributed by atoms with Crippen molar-refractivity contribution in [2.45, 2.75) is 32.8 Å². The second kappa shape index (κ2) is 12.4. The van der Waals surface area contributed by atoms with Crippen LogP contribution in [0.1, 0.15) is 51.4 Å². The molecule has 1 aliphatic rings. The van der Waals surface area contributed by atoms with E-state index in [1.54, 1.807) is 24.3 Å². The standard InChI is InChI=1S/C26H31N5O3S/c1-19-8-6-14-31(17-19)15-7-13-27-24(32)20-9-5-10-21(16-20)28-25(33)26-30-29-23(35-26)18-34-22-11-3-2-4-12-22/h2-5,9-12,16,19H,6-8,13-15,17-18H2,1H3,(H,27,32)(H,28,33)/t19-/m0/s1. The van der Waals surface area contributed by atoms with Gasteiger partial charge in [0.05, 0.1) is 0 Å². The second-order valence-corrected chi connectivity index (χ2v) is 9.86. The van der Waals surface area contributed by atoms with Gasteiger partial charge >= 0.3 is 0 Å². The first kappa shape index (κ1) is 24.8. The Morgan fingerprint density at radius 3 is 2.80 bits per heavy atom. The number of hydrogen-bond donors (Lipinski definition) is 2. The van der Waals surface area contributed by atoms with Crippen LogP contribution in [0, 0.1) is 5.92 Å². The third-order valence-corrected chi connectivity index (χ3v) is 6.72. The number of nitrogens with zero attached hydrogens (tertiary/aromatic N) is 3. The number of anilines is 1. The predicted molar refractivity (Wildman–Crippen MR) is 137 cm³/mol. The van der Waals surface area contributed by atoms with Gasteiger partial charge in [-0.05, 0) is 68.6 Å². The largest absolute Gasteiger partial charge is 0.486 e. The van der Waals surface area contributed by atoms with Gasteiger partial charge in [0, 0.05) is 24.3 Å². The number of nitrogens with one attached hydrogen (secondary N) is 2. The molecule has 1 aliphatic heterocycles. The van der Waals surface area contributed by atoms with Crippen molar-refractivity contribution in [1.29, 1.82) is 0 Å². The molecule has 3 aromatic rings. The van der Waals surface area contributed by atoms with Crippen LogP contribution in [0.25, 0.3) is 0 Å². The van der Waals surface area contributed by atoms with Crippen molar-refractivity contribution in [3.8, 4) is 5.75 Å². The molecule has 0 saturated carbocycles. The van der Waals surface area contributed by atoms with Gasteiger partial charge in [-0.3, -0.25) is 9.59 Å². The summed E-state index contributed by atoms with van der Waals surface area (Å²) in [7, 11) is 0. The number of benzene rings is 2. The minimum absolute atomic E-state index is 0.149. The van der Waals surface area contributed by atoms with E-state index in [4.69, 9.17) is 4.74 Å². The van der Waals surface area contributed by atoms with Crippen molar-refractivity contribution in [2.75, 3.05) is 31.5 Å². The van der Waals surface area contributed by atoms with Gasteiger partial charge in [0.2, 0.25) is 5.01 Å². The van der Waals surface area contributed by atoms with Crippen molar-refractivity contribution < 1.29 is 14.3 Å². The number of aromatic nitrogens is 2. The second-order valence-electron chi connectivity index (χ2n) is 8.80. The number of amides is 2. The lowest BCUT2D eigenvalue weighted by Gasteiger charge is -2.30. The molecule has 0 spiro atoms. The van der Waals surface area contributed by atoms with Crippen molar-refractivity contribution in [2.24, 2.45) is 5.92 Å². The monoisotopic (exact) mass is 493 g/mol. The minimum atomic E-state index is -0.373. The van der Waals surface area contributed by atoms with E-state index in [1.807, 2.05) is 30.3 Å². The molecule has 1 atom stereocenters. The van der Waals surface area contributed by atoms with E-state index in [9.17, 15) is 9.59 Å². The molecule has 0 bridgehead atoms. The lowest BCUT2D eigenvalue weighted by Crippen LogP contribution is -2.36. The van der Waals surface area contributed by atoms with Gasteiger partial charge in [-0.1, -0.05) is 42.5 Å². The topological polar surface area (TPSA) is 96.5 Å². The molecule has 35 heavy (non-hydrogen) atoms. The number of rotatable bonds is 10. The third kappa shape index (κ3) is 7.60. The highest BCUT2D eigenvalue weighted by Gasteiger charge is 2.16. The molecule has 2 N–H and O–H groups in total. The van der Waals surface area contributed by atoms with E-state index in [1.165, 1.54) is 24.2 Å². The molecule has 1 fully saturated rings. The molecule has 2 heterocycles. The van der Waals surface area contributed by atoms with E-state index in [-0.39, 0.29) is 23.4 Å². The van der Waals surface area contributed by atoms with Gasteiger partial charge in [0.15, 0.2) is 5.01 Å². The minimum Gasteiger partial charge on any atom is -0.486 e. The van der Waals surface area contributed by atoms with Gasteiger partial charge in [-0.15, -0.1) is 10.2 Å². The highest BCUT2D eigenvalue weighted by molar-refractivity contribution is 7.13. The Kier molecular flexibility index (Phi) is 8.80. The van der Waals surface area contributed by atoms with Crippen LogP contribution >= 0.6 is 11.3 Å². The molecular weight excluding hydrogens is 462 g/mol. The number of carbonyl (C=O) groups excluding carboxylic acids is 2. The van der Waals surface area contributed by atoms with Crippen LogP contribution in [0.15, 0.2) is 54.6 Å². The van der Waals surface area contributed by atoms with E-state index in [0.29, 0.717) is 22.8 Å². The molecule has 4 rings (SSSR count). The zero-order valence-electron chi connectivity index (χ0n) is 19.9. The van der Waals surface area contributed by atoms with Crippen molar-refractivity contribution >= 4 is 28.8 Å². The highest BCUT2D eigenvalue weighted by Crippen LogP contribution is 2.18. The van der Waals surface area contributed by atoms with Gasteiger partial charge in [-0.2, -0.15) is 0 Å². The summed E-state index contributed by atoms with van der Waals surface area (Å²) in [5, 5.41) is 14.6. The van der Waals surface area contributed by atoms with Crippen molar-refractivity contribution in [1.82, 2.24) is 20.4 Å². The number of ether oxygens (including phenoxy) is 1. The quantitative estimate of drug-likeness (QED) is 0.411. The molecular formula is C26H31N5O3S. The molecule has 0 radical (unpaired) electrons. The van der Waals surface area contributed by atoms with Crippen LogP contribution < -0.4 is 15.4 Å². The average molecular weight is 494 g/mol. The number of likely N-dealkylation sites (tertiary alicyclic amines) is 1. The Balaban J connectivity index is 1.23. The van der Waals surface area contributed by atoms with Gasteiger partial charge in [0.1, 0.15) is 12.4 Å². The highest BCUT2D eigenvalue weighted by atomic mass is 32.1. The molecule has 184 valence electrons. The number of hydrogen-bond acceptors (Lipinski definition) is 7. The zero-order chi connectivity index (χ0) is 24.5. The Bertz CT molecular complexity index is 1120. The fraction of sp³-hybridized carbons (Fsp3) is 0.385. The first-order chi connectivity index (χ1) is 17.1. The normalized spacial score (nSPS) is 16.0. The Labute approximate surface area is 209 Å². The predicted octanol–water partition coefficient (Wildman–Crippen LogP) is 4.22. The molecule has 1 aromatic heterocycles. The summed E-state index contributed by atoms with van der Waals surface area (Å²) >= 11 is 1.17. The summed E-state index contributed by atoms with van der Waals surface area (Å²) in [6, 6.07) is 16.3. The first-order valence-corrected chi connectivity index (χ1v) is 12.8. The van der Waals surface area contributed by atoms with Gasteiger partial charge in [-0.25, -0.2) is 0 Å². The van der Waals surface area contributed by atoms with E-state index in [2.05, 4.69) is 32.7 Å². The van der Waals surface area contributed by atoms with E-state index in [0.717, 1.165) is 37.7 Å². The van der Waals surface area contributed by atoms with Crippen LogP contribution in [-0.4, -0.2) is 53.1 Å². The SMILES string of the molecule is C[C@H]1CCCN(CCCNC(=O)c2cccc(NC(=O)c3nnc(COc4ccccc4)s3)c2)C1. The molecule has 0 aliphatic carbocycles. The van der Waals surface area contributed by atoms with Crippen molar-refractivity contribution in [3.05, 3.63) is 70.2 Å². The summed E-state index contributed by atoms with van der Waals surface area (Å²) in [5.41, 5.74) is 1.03. The summed E-state index contributed by atoms with van der Waals surface area (Å²) in [4.78, 5) is 27.7. The Morgan fingerprint density at radius 1 is 1.11 bits per heavy atom. The maximum Gasteiger partial charge on any atom is 0.286 e. The lowest BCUT2D eigenvalue weighted by atomic mass is 10.0. The number of carbonyl (C=O) groups is 2. The first-order valence-electron chi connectivity index (χ1n) is 12.0. The molecule has 8 nitrogen and oxygen atoms in total.